The number of rotatable bonds is 9. The highest BCUT2D eigenvalue weighted by atomic mass is 16.5. The summed E-state index contributed by atoms with van der Waals surface area (Å²) in [6.07, 6.45) is 1.40. The normalized spacial score (nSPS) is 13.3. The van der Waals surface area contributed by atoms with Crippen molar-refractivity contribution in [3.05, 3.63) is 24.3 Å². The highest BCUT2D eigenvalue weighted by molar-refractivity contribution is 5.80. The Bertz CT molecular complexity index is 432. The summed E-state index contributed by atoms with van der Waals surface area (Å²) in [5.74, 6) is 1.36. The first-order chi connectivity index (χ1) is 10.1. The second kappa shape index (κ2) is 8.52. The van der Waals surface area contributed by atoms with Gasteiger partial charge in [0.25, 0.3) is 0 Å². The summed E-state index contributed by atoms with van der Waals surface area (Å²) in [5.41, 5.74) is -0.667. The van der Waals surface area contributed by atoms with Gasteiger partial charge in [-0.05, 0) is 58.0 Å². The number of esters is 1. The largest absolute Gasteiger partial charge is 0.497 e. The van der Waals surface area contributed by atoms with E-state index < -0.39 is 5.54 Å². The van der Waals surface area contributed by atoms with E-state index in [-0.39, 0.29) is 5.97 Å². The van der Waals surface area contributed by atoms with Gasteiger partial charge >= 0.3 is 5.97 Å². The maximum atomic E-state index is 11.9. The number of benzene rings is 1. The lowest BCUT2D eigenvalue weighted by Gasteiger charge is -2.26. The van der Waals surface area contributed by atoms with Gasteiger partial charge in [-0.1, -0.05) is 0 Å². The number of carbonyl (C=O) groups is 1. The number of ether oxygens (including phenoxy) is 3. The average molecular weight is 295 g/mol. The van der Waals surface area contributed by atoms with Gasteiger partial charge in [-0.3, -0.25) is 4.79 Å². The minimum Gasteiger partial charge on any atom is -0.497 e. The van der Waals surface area contributed by atoms with Crippen molar-refractivity contribution in [1.82, 2.24) is 5.32 Å². The van der Waals surface area contributed by atoms with Crippen LogP contribution in [0, 0.1) is 0 Å². The number of carbonyl (C=O) groups excluding carboxylic acids is 1. The van der Waals surface area contributed by atoms with Gasteiger partial charge in [-0.2, -0.15) is 0 Å². The second-order valence-corrected chi connectivity index (χ2v) is 4.93. The van der Waals surface area contributed by atoms with Crippen LogP contribution in [0.2, 0.25) is 0 Å². The number of hydrogen-bond acceptors (Lipinski definition) is 5. The second-order valence-electron chi connectivity index (χ2n) is 4.93. The lowest BCUT2D eigenvalue weighted by atomic mass is 9.96. The molecule has 0 spiro atoms. The van der Waals surface area contributed by atoms with Crippen molar-refractivity contribution in [1.29, 1.82) is 0 Å². The van der Waals surface area contributed by atoms with Gasteiger partial charge in [0, 0.05) is 0 Å². The number of methoxy groups -OCH3 is 1. The molecule has 0 bridgehead atoms. The van der Waals surface area contributed by atoms with Crippen LogP contribution in [0.3, 0.4) is 0 Å². The van der Waals surface area contributed by atoms with Crippen LogP contribution in [0.25, 0.3) is 0 Å². The van der Waals surface area contributed by atoms with Crippen molar-refractivity contribution >= 4 is 5.97 Å². The minimum atomic E-state index is -0.667. The molecule has 5 nitrogen and oxygen atoms in total. The van der Waals surface area contributed by atoms with Gasteiger partial charge in [0.05, 0.1) is 20.3 Å². The van der Waals surface area contributed by atoms with Gasteiger partial charge in [-0.15, -0.1) is 0 Å². The van der Waals surface area contributed by atoms with E-state index in [9.17, 15) is 4.79 Å². The van der Waals surface area contributed by atoms with E-state index in [0.29, 0.717) is 19.6 Å². The zero-order valence-corrected chi connectivity index (χ0v) is 13.3. The van der Waals surface area contributed by atoms with E-state index in [0.717, 1.165) is 17.9 Å². The van der Waals surface area contributed by atoms with Crippen LogP contribution in [-0.4, -0.2) is 38.9 Å². The lowest BCUT2D eigenvalue weighted by Crippen LogP contribution is -2.48. The first-order valence-corrected chi connectivity index (χ1v) is 7.18. The molecule has 1 N–H and O–H groups in total. The zero-order chi connectivity index (χ0) is 15.7. The Morgan fingerprint density at radius 2 is 1.86 bits per heavy atom. The number of likely N-dealkylation sites (N-methyl/N-ethyl adjacent to an activating group) is 1. The summed E-state index contributed by atoms with van der Waals surface area (Å²) < 4.78 is 15.8. The SMILES string of the molecule is CCOC(=O)C(C)(CCCOc1ccc(OC)cc1)NC. The van der Waals surface area contributed by atoms with Crippen LogP contribution in [0.5, 0.6) is 11.5 Å². The lowest BCUT2D eigenvalue weighted by molar-refractivity contribution is -0.150. The Hall–Kier alpha value is -1.75. The molecule has 0 saturated heterocycles. The number of hydrogen-bond donors (Lipinski definition) is 1. The molecule has 0 aliphatic carbocycles. The molecule has 1 aromatic carbocycles. The van der Waals surface area contributed by atoms with Crippen molar-refractivity contribution in [2.45, 2.75) is 32.2 Å². The summed E-state index contributed by atoms with van der Waals surface area (Å²) in [7, 11) is 3.39. The molecule has 0 heterocycles. The molecule has 21 heavy (non-hydrogen) atoms. The van der Waals surface area contributed by atoms with E-state index in [4.69, 9.17) is 14.2 Å². The van der Waals surface area contributed by atoms with Gasteiger partial charge in [0.1, 0.15) is 17.0 Å². The van der Waals surface area contributed by atoms with Crippen LogP contribution < -0.4 is 14.8 Å². The van der Waals surface area contributed by atoms with Crippen molar-refractivity contribution in [2.75, 3.05) is 27.4 Å². The average Bonchev–Trinajstić information content (AvgIpc) is 2.52. The third kappa shape index (κ3) is 5.27. The Balaban J connectivity index is 2.39. The first kappa shape index (κ1) is 17.3. The van der Waals surface area contributed by atoms with Crippen LogP contribution in [0.1, 0.15) is 26.7 Å². The molecule has 5 heteroatoms. The fourth-order valence-corrected chi connectivity index (χ4v) is 1.91. The smallest absolute Gasteiger partial charge is 0.326 e. The summed E-state index contributed by atoms with van der Waals surface area (Å²) >= 11 is 0. The fourth-order valence-electron chi connectivity index (χ4n) is 1.91. The van der Waals surface area contributed by atoms with E-state index in [1.54, 1.807) is 21.1 Å². The van der Waals surface area contributed by atoms with E-state index in [2.05, 4.69) is 5.32 Å². The molecule has 0 fully saturated rings. The molecular weight excluding hydrogens is 270 g/mol. The highest BCUT2D eigenvalue weighted by Gasteiger charge is 2.32. The molecule has 0 aromatic heterocycles. The fraction of sp³-hybridized carbons (Fsp3) is 0.562. The van der Waals surface area contributed by atoms with Crippen LogP contribution >= 0.6 is 0 Å². The molecule has 0 amide bonds. The van der Waals surface area contributed by atoms with Crippen molar-refractivity contribution < 1.29 is 19.0 Å². The minimum absolute atomic E-state index is 0.225. The summed E-state index contributed by atoms with van der Waals surface area (Å²) in [6, 6.07) is 7.43. The molecule has 1 rings (SSSR count). The molecule has 0 aliphatic heterocycles. The van der Waals surface area contributed by atoms with Gasteiger partial charge in [0.15, 0.2) is 0 Å². The Morgan fingerprint density at radius 3 is 2.38 bits per heavy atom. The van der Waals surface area contributed by atoms with E-state index in [1.807, 2.05) is 31.2 Å². The Morgan fingerprint density at radius 1 is 1.24 bits per heavy atom. The predicted molar refractivity (Wildman–Crippen MR) is 81.8 cm³/mol. The van der Waals surface area contributed by atoms with E-state index in [1.165, 1.54) is 0 Å². The third-order valence-corrected chi connectivity index (χ3v) is 3.43. The monoisotopic (exact) mass is 295 g/mol. The van der Waals surface area contributed by atoms with Gasteiger partial charge < -0.3 is 19.5 Å². The van der Waals surface area contributed by atoms with Crippen molar-refractivity contribution in [3.63, 3.8) is 0 Å². The summed E-state index contributed by atoms with van der Waals surface area (Å²) in [6.45, 7) is 4.58. The molecule has 1 unspecified atom stereocenters. The van der Waals surface area contributed by atoms with Crippen molar-refractivity contribution in [2.24, 2.45) is 0 Å². The quantitative estimate of drug-likeness (QED) is 0.560. The van der Waals surface area contributed by atoms with Crippen LogP contribution in [0.4, 0.5) is 0 Å². The van der Waals surface area contributed by atoms with E-state index >= 15 is 0 Å². The predicted octanol–water partition coefficient (Wildman–Crippen LogP) is 2.40. The van der Waals surface area contributed by atoms with Crippen LogP contribution in [0.15, 0.2) is 24.3 Å². The molecular formula is C16H25NO4. The molecule has 1 atom stereocenters. The standard InChI is InChI=1S/C16H25NO4/c1-5-20-15(18)16(2,17-3)11-6-12-21-14-9-7-13(19-4)8-10-14/h7-10,17H,5-6,11-12H2,1-4H3. The molecule has 118 valence electrons. The Labute approximate surface area is 126 Å². The molecule has 0 saturated carbocycles. The van der Waals surface area contributed by atoms with Crippen molar-refractivity contribution in [3.8, 4) is 11.5 Å². The number of nitrogens with one attached hydrogen (secondary N) is 1. The maximum absolute atomic E-state index is 11.9. The molecule has 1 aromatic rings. The summed E-state index contributed by atoms with van der Waals surface area (Å²) in [5, 5.41) is 3.03. The Kier molecular flexibility index (Phi) is 7.02. The summed E-state index contributed by atoms with van der Waals surface area (Å²) in [4.78, 5) is 11.9. The topological polar surface area (TPSA) is 56.8 Å². The van der Waals surface area contributed by atoms with Crippen LogP contribution in [-0.2, 0) is 9.53 Å². The zero-order valence-electron chi connectivity index (χ0n) is 13.3. The third-order valence-electron chi connectivity index (χ3n) is 3.43. The maximum Gasteiger partial charge on any atom is 0.326 e. The first-order valence-electron chi connectivity index (χ1n) is 7.18. The highest BCUT2D eigenvalue weighted by Crippen LogP contribution is 2.18. The van der Waals surface area contributed by atoms with Gasteiger partial charge in [0.2, 0.25) is 0 Å². The molecule has 0 aliphatic rings. The van der Waals surface area contributed by atoms with Gasteiger partial charge in [-0.25, -0.2) is 0 Å². The molecule has 0 radical (unpaired) electrons.